The van der Waals surface area contributed by atoms with Crippen LogP contribution in [-0.4, -0.2) is 68.5 Å². The first kappa shape index (κ1) is 27.1. The summed E-state index contributed by atoms with van der Waals surface area (Å²) in [6.45, 7) is 4.33. The number of hydrogen-bond donors (Lipinski definition) is 3. The molecule has 0 spiro atoms. The van der Waals surface area contributed by atoms with E-state index >= 15 is 0 Å². The third-order valence-electron chi connectivity index (χ3n) is 6.19. The molecule has 2 atom stereocenters. The van der Waals surface area contributed by atoms with Crippen LogP contribution in [0, 0.1) is 0 Å². The maximum atomic E-state index is 13.0. The molecule has 4 N–H and O–H groups in total. The van der Waals surface area contributed by atoms with Gasteiger partial charge < -0.3 is 21.1 Å². The first-order chi connectivity index (χ1) is 17.1. The highest BCUT2D eigenvalue weighted by molar-refractivity contribution is 9.09. The van der Waals surface area contributed by atoms with Gasteiger partial charge in [0.2, 0.25) is 18.4 Å². The number of carboxylic acid groups (broad SMARTS) is 1. The molecule has 0 saturated carbocycles. The van der Waals surface area contributed by atoms with E-state index in [2.05, 4.69) is 21.2 Å². The van der Waals surface area contributed by atoms with Crippen LogP contribution in [0.15, 0.2) is 47.4 Å². The number of rotatable bonds is 10. The van der Waals surface area contributed by atoms with E-state index in [-0.39, 0.29) is 29.4 Å². The molecular weight excluding hydrogens is 534 g/mol. The summed E-state index contributed by atoms with van der Waals surface area (Å²) < 4.78 is 1.64. The number of carbonyl (C=O) groups is 5. The predicted octanol–water partition coefficient (Wildman–Crippen LogP) is -0.0228. The summed E-state index contributed by atoms with van der Waals surface area (Å²) in [7, 11) is 0. The lowest BCUT2D eigenvalue weighted by Gasteiger charge is -2.45. The molecule has 2 saturated heterocycles. The van der Waals surface area contributed by atoms with Gasteiger partial charge in [-0.05, 0) is 37.0 Å². The van der Waals surface area contributed by atoms with Gasteiger partial charge in [-0.1, -0.05) is 22.9 Å². The molecule has 0 aromatic carbocycles. The highest BCUT2D eigenvalue weighted by Crippen LogP contribution is 2.30. The average Bonchev–Trinajstić information content (AvgIpc) is 3.18. The third kappa shape index (κ3) is 5.81. The summed E-state index contributed by atoms with van der Waals surface area (Å²) >= 11 is 3.03. The van der Waals surface area contributed by atoms with Crippen molar-refractivity contribution in [3.05, 3.63) is 53.0 Å². The number of aromatic nitrogens is 1. The Kier molecular flexibility index (Phi) is 8.62. The van der Waals surface area contributed by atoms with Crippen LogP contribution in [0.2, 0.25) is 0 Å². The zero-order chi connectivity index (χ0) is 26.6. The predicted molar refractivity (Wildman–Crippen MR) is 131 cm³/mol. The van der Waals surface area contributed by atoms with Crippen LogP contribution >= 0.6 is 15.9 Å². The van der Waals surface area contributed by atoms with Crippen molar-refractivity contribution in [1.82, 2.24) is 15.1 Å². The van der Waals surface area contributed by atoms with Gasteiger partial charge >= 0.3 is 5.97 Å². The monoisotopic (exact) mass is 562 g/mol. The number of halogens is 1. The molecule has 192 valence electrons. The maximum absolute atomic E-state index is 13.0. The van der Waals surface area contributed by atoms with Crippen molar-refractivity contribution >= 4 is 45.5 Å². The van der Waals surface area contributed by atoms with Crippen LogP contribution in [0.5, 0.6) is 0 Å². The Morgan fingerprint density at radius 3 is 2.47 bits per heavy atom. The minimum Gasteiger partial charge on any atom is -0.477 e. The Bertz CT molecular complexity index is 1150. The number of nitrogens with one attached hydrogen (secondary N) is 1. The van der Waals surface area contributed by atoms with Gasteiger partial charge in [-0.25, -0.2) is 4.79 Å². The number of alkyl halides is 1. The molecule has 2 aliphatic heterocycles. The minimum absolute atomic E-state index is 0.0341. The van der Waals surface area contributed by atoms with Crippen LogP contribution in [0.1, 0.15) is 32.3 Å². The lowest BCUT2D eigenvalue weighted by molar-refractivity contribution is -0.684. The van der Waals surface area contributed by atoms with Gasteiger partial charge in [0.25, 0.3) is 11.8 Å². The largest absolute Gasteiger partial charge is 0.477 e. The van der Waals surface area contributed by atoms with Gasteiger partial charge in [0, 0.05) is 30.8 Å². The molecule has 1 aromatic rings. The quantitative estimate of drug-likeness (QED) is 0.157. The molecule has 36 heavy (non-hydrogen) atoms. The van der Waals surface area contributed by atoms with Crippen LogP contribution in [0.25, 0.3) is 0 Å². The average molecular weight is 563 g/mol. The molecule has 0 unspecified atom stereocenters. The fourth-order valence-corrected chi connectivity index (χ4v) is 4.49. The molecule has 0 aliphatic carbocycles. The molecule has 12 heteroatoms. The van der Waals surface area contributed by atoms with Gasteiger partial charge in [-0.3, -0.25) is 24.1 Å². The number of carbonyl (C=O) groups excluding carboxylic acids is 4. The topological polar surface area (TPSA) is 154 Å². The van der Waals surface area contributed by atoms with E-state index < -0.39 is 29.9 Å². The highest BCUT2D eigenvalue weighted by atomic mass is 79.9. The van der Waals surface area contributed by atoms with Crippen LogP contribution in [0.3, 0.4) is 0 Å². The van der Waals surface area contributed by atoms with Crippen molar-refractivity contribution in [3.63, 3.8) is 0 Å². The van der Waals surface area contributed by atoms with E-state index in [1.165, 1.54) is 4.90 Å². The first-order valence-electron chi connectivity index (χ1n) is 11.5. The summed E-state index contributed by atoms with van der Waals surface area (Å²) in [6, 6.07) is 2.27. The lowest BCUT2D eigenvalue weighted by Crippen LogP contribution is -2.69. The van der Waals surface area contributed by atoms with E-state index in [1.807, 2.05) is 0 Å². The summed E-state index contributed by atoms with van der Waals surface area (Å²) in [6.07, 6.45) is 5.74. The second-order valence-electron chi connectivity index (χ2n) is 8.65. The van der Waals surface area contributed by atoms with E-state index in [4.69, 9.17) is 5.73 Å². The Morgan fingerprint density at radius 1 is 1.28 bits per heavy atom. The molecular formula is C24H29BrN5O6+. The molecule has 1 aromatic heterocycles. The summed E-state index contributed by atoms with van der Waals surface area (Å²) in [5, 5.41) is 12.5. The minimum atomic E-state index is -1.27. The van der Waals surface area contributed by atoms with Crippen molar-refractivity contribution in [2.75, 3.05) is 11.9 Å². The summed E-state index contributed by atoms with van der Waals surface area (Å²) in [5.41, 5.74) is 6.73. The zero-order valence-electron chi connectivity index (χ0n) is 20.1. The fourth-order valence-electron chi connectivity index (χ4n) is 4.33. The molecule has 0 bridgehead atoms. The second kappa shape index (κ2) is 11.5. The highest BCUT2D eigenvalue weighted by Gasteiger charge is 2.49. The summed E-state index contributed by atoms with van der Waals surface area (Å²) in [5.74, 6) is -2.80. The van der Waals surface area contributed by atoms with Crippen molar-refractivity contribution in [2.45, 2.75) is 51.9 Å². The summed E-state index contributed by atoms with van der Waals surface area (Å²) in [4.78, 5) is 63.5. The van der Waals surface area contributed by atoms with Crippen LogP contribution in [0.4, 0.5) is 0 Å². The molecule has 3 rings (SSSR count). The molecule has 3 heterocycles. The Hall–Kier alpha value is -3.54. The molecule has 11 nitrogen and oxygen atoms in total. The Balaban J connectivity index is 1.78. The van der Waals surface area contributed by atoms with Crippen molar-refractivity contribution in [3.8, 4) is 0 Å². The zero-order valence-corrected chi connectivity index (χ0v) is 21.7. The maximum Gasteiger partial charge on any atom is 0.352 e. The number of allylic oxidation sites excluding steroid dienone is 2. The number of nitrogens with zero attached hydrogens (tertiary/aromatic N) is 3. The van der Waals surface area contributed by atoms with Gasteiger partial charge in [-0.15, -0.1) is 0 Å². The van der Waals surface area contributed by atoms with Crippen molar-refractivity contribution < 1.29 is 33.6 Å². The molecule has 0 radical (unpaired) electrons. The normalized spacial score (nSPS) is 21.4. The van der Waals surface area contributed by atoms with Crippen molar-refractivity contribution in [1.29, 1.82) is 0 Å². The SMILES string of the molecule is CCC(/C=C1\CCN(Cc2cc[n+](CC(N)=O)cc2)C1=O)=C(/C(=O)O)N1C(=O)[C@@H](NC(=O)CBr)[C@H]1C. The fraction of sp³-hybridized carbons (Fsp3) is 0.417. The van der Waals surface area contributed by atoms with Crippen LogP contribution < -0.4 is 15.6 Å². The number of primary amides is 1. The first-order valence-corrected chi connectivity index (χ1v) is 12.6. The third-order valence-corrected chi connectivity index (χ3v) is 6.70. The Morgan fingerprint density at radius 2 is 1.94 bits per heavy atom. The number of nitrogens with two attached hydrogens (primary N) is 1. The number of pyridine rings is 1. The van der Waals surface area contributed by atoms with Gasteiger partial charge in [-0.2, -0.15) is 4.57 Å². The van der Waals surface area contributed by atoms with Gasteiger partial charge in [0.05, 0.1) is 11.4 Å². The number of β-lactam (4-membered cyclic amide) rings is 1. The number of likely N-dealkylation sites (tertiary alicyclic amines) is 2. The van der Waals surface area contributed by atoms with E-state index in [1.54, 1.807) is 53.9 Å². The van der Waals surface area contributed by atoms with E-state index in [9.17, 15) is 29.1 Å². The molecule has 4 amide bonds. The standard InChI is InChI=1S/C24H28BrN5O6/c1-3-16(21(24(35)36)30-14(2)20(23(30)34)27-19(32)11-25)10-17-6-9-29(22(17)33)12-15-4-7-28(8-5-15)13-18(26)31/h4-5,7-8,10,14,20H,3,6,9,11-13H2,1-2H3,(H3-,26,27,31,32,35,36)/p+1/b17-10+,21-16+/t14-,20+/m1/s1. The lowest BCUT2D eigenvalue weighted by atomic mass is 9.93. The number of aliphatic carboxylic acids is 1. The number of carboxylic acids is 1. The van der Waals surface area contributed by atoms with E-state index in [0.29, 0.717) is 37.1 Å². The molecule has 2 aliphatic rings. The Labute approximate surface area is 216 Å². The van der Waals surface area contributed by atoms with E-state index in [0.717, 1.165) is 5.56 Å². The van der Waals surface area contributed by atoms with Crippen LogP contribution in [-0.2, 0) is 37.1 Å². The molecule has 2 fully saturated rings. The van der Waals surface area contributed by atoms with Crippen molar-refractivity contribution in [2.24, 2.45) is 5.73 Å². The second-order valence-corrected chi connectivity index (χ2v) is 9.21. The van der Waals surface area contributed by atoms with Gasteiger partial charge in [0.15, 0.2) is 12.4 Å². The number of hydrogen-bond acceptors (Lipinski definition) is 5. The smallest absolute Gasteiger partial charge is 0.352 e. The van der Waals surface area contributed by atoms with Gasteiger partial charge in [0.1, 0.15) is 11.7 Å². The number of amides is 4.